The maximum atomic E-state index is 11.2. The highest BCUT2D eigenvalue weighted by Gasteiger charge is 2.18. The Kier molecular flexibility index (Phi) is 4.38. The summed E-state index contributed by atoms with van der Waals surface area (Å²) >= 11 is 0. The Hall–Kier alpha value is -1.70. The first-order valence-corrected chi connectivity index (χ1v) is 5.32. The predicted octanol–water partition coefficient (Wildman–Crippen LogP) is 1.51. The summed E-state index contributed by atoms with van der Waals surface area (Å²) in [7, 11) is 0. The highest BCUT2D eigenvalue weighted by molar-refractivity contribution is 5.95. The normalized spacial score (nSPS) is 13.8. The topological polar surface area (TPSA) is 81.3 Å². The summed E-state index contributed by atoms with van der Waals surface area (Å²) in [6, 6.07) is 6.67. The van der Waals surface area contributed by atoms with Gasteiger partial charge in [-0.3, -0.25) is 4.79 Å². The van der Waals surface area contributed by atoms with E-state index in [1.165, 1.54) is 6.92 Å². The molecule has 0 aliphatic rings. The molecule has 0 saturated heterocycles. The highest BCUT2D eigenvalue weighted by atomic mass is 16.3. The number of rotatable bonds is 4. The number of benzene rings is 1. The Balaban J connectivity index is 2.98. The van der Waals surface area contributed by atoms with Gasteiger partial charge in [-0.2, -0.15) is 5.26 Å². The van der Waals surface area contributed by atoms with Crippen LogP contribution in [0.4, 0.5) is 0 Å². The third kappa shape index (κ3) is 3.13. The lowest BCUT2D eigenvalue weighted by Crippen LogP contribution is -2.17. The van der Waals surface area contributed by atoms with Crippen LogP contribution in [0, 0.1) is 18.3 Å². The van der Waals surface area contributed by atoms with Crippen molar-refractivity contribution in [3.05, 3.63) is 34.9 Å². The number of hydrogen-bond acceptors (Lipinski definition) is 4. The van der Waals surface area contributed by atoms with Gasteiger partial charge in [0.15, 0.2) is 5.78 Å². The molecule has 0 bridgehead atoms. The molecule has 2 unspecified atom stereocenters. The molecule has 4 nitrogen and oxygen atoms in total. The molecule has 0 radical (unpaired) electrons. The molecule has 0 aliphatic heterocycles. The average molecular weight is 233 g/mol. The molecule has 0 aliphatic carbocycles. The molecule has 0 saturated carbocycles. The maximum Gasteiger partial charge on any atom is 0.160 e. The molecule has 0 spiro atoms. The number of carbonyl (C=O) groups excluding carboxylic acids is 1. The minimum atomic E-state index is -1.11. The number of aryl methyl sites for hydroxylation is 1. The van der Waals surface area contributed by atoms with E-state index in [4.69, 9.17) is 5.26 Å². The van der Waals surface area contributed by atoms with Crippen LogP contribution < -0.4 is 0 Å². The summed E-state index contributed by atoms with van der Waals surface area (Å²) in [5, 5.41) is 27.7. The van der Waals surface area contributed by atoms with Crippen molar-refractivity contribution in [3.8, 4) is 6.07 Å². The molecule has 0 aromatic heterocycles. The van der Waals surface area contributed by atoms with Crippen LogP contribution in [-0.4, -0.2) is 22.1 Å². The number of nitriles is 1. The Morgan fingerprint density at radius 3 is 2.59 bits per heavy atom. The molecule has 90 valence electrons. The van der Waals surface area contributed by atoms with E-state index in [0.717, 1.165) is 5.56 Å². The van der Waals surface area contributed by atoms with Gasteiger partial charge in [0.2, 0.25) is 0 Å². The van der Waals surface area contributed by atoms with E-state index in [9.17, 15) is 15.0 Å². The lowest BCUT2D eigenvalue weighted by molar-refractivity contribution is 0.0216. The zero-order chi connectivity index (χ0) is 13.0. The molecule has 0 amide bonds. The lowest BCUT2D eigenvalue weighted by Gasteiger charge is -2.16. The lowest BCUT2D eigenvalue weighted by atomic mass is 9.97. The van der Waals surface area contributed by atoms with Crippen LogP contribution in [0.2, 0.25) is 0 Å². The van der Waals surface area contributed by atoms with Crippen molar-refractivity contribution in [2.45, 2.75) is 32.5 Å². The number of hydrogen-bond donors (Lipinski definition) is 2. The van der Waals surface area contributed by atoms with Crippen molar-refractivity contribution in [2.24, 2.45) is 0 Å². The van der Waals surface area contributed by atoms with Crippen molar-refractivity contribution in [1.29, 1.82) is 5.26 Å². The fourth-order valence-electron chi connectivity index (χ4n) is 1.69. The number of carbonyl (C=O) groups is 1. The Morgan fingerprint density at radius 1 is 1.47 bits per heavy atom. The molecule has 4 heteroatoms. The van der Waals surface area contributed by atoms with Gasteiger partial charge in [-0.05, 0) is 25.0 Å². The molecular formula is C13H15NO3. The summed E-state index contributed by atoms with van der Waals surface area (Å²) in [5.41, 5.74) is 1.85. The number of Topliss-reactive ketones (excluding diaryl/α,β-unsaturated/α-hetero) is 1. The van der Waals surface area contributed by atoms with Gasteiger partial charge in [0.05, 0.1) is 18.6 Å². The molecule has 2 N–H and O–H groups in total. The molecule has 17 heavy (non-hydrogen) atoms. The highest BCUT2D eigenvalue weighted by Crippen LogP contribution is 2.21. The molecule has 1 rings (SSSR count). The van der Waals surface area contributed by atoms with E-state index < -0.39 is 12.2 Å². The average Bonchev–Trinajstić information content (AvgIpc) is 2.27. The van der Waals surface area contributed by atoms with Gasteiger partial charge >= 0.3 is 0 Å². The summed E-state index contributed by atoms with van der Waals surface area (Å²) < 4.78 is 0. The van der Waals surface area contributed by atoms with Crippen molar-refractivity contribution in [2.75, 3.05) is 0 Å². The van der Waals surface area contributed by atoms with Gasteiger partial charge in [0.1, 0.15) is 6.10 Å². The van der Waals surface area contributed by atoms with Crippen LogP contribution in [0.1, 0.15) is 40.9 Å². The Morgan fingerprint density at radius 2 is 2.12 bits per heavy atom. The van der Waals surface area contributed by atoms with Crippen LogP contribution in [0.3, 0.4) is 0 Å². The smallest absolute Gasteiger partial charge is 0.160 e. The number of aliphatic hydroxyl groups excluding tert-OH is 2. The van der Waals surface area contributed by atoms with Crippen LogP contribution in [0.25, 0.3) is 0 Å². The third-order valence-corrected chi connectivity index (χ3v) is 2.64. The minimum absolute atomic E-state index is 0.0406. The van der Waals surface area contributed by atoms with Crippen molar-refractivity contribution in [1.82, 2.24) is 0 Å². The first-order chi connectivity index (χ1) is 7.97. The SMILES string of the molecule is CC(=O)c1ccc(C(O)C(O)CC#N)cc1C. The summed E-state index contributed by atoms with van der Waals surface area (Å²) in [6.07, 6.45) is -2.34. The van der Waals surface area contributed by atoms with Gasteiger partial charge < -0.3 is 10.2 Å². The standard InChI is InChI=1S/C13H15NO3/c1-8-7-10(3-4-11(8)9(2)15)13(17)12(16)5-6-14/h3-4,7,12-13,16-17H,5H2,1-2H3. The van der Waals surface area contributed by atoms with Crippen molar-refractivity contribution < 1.29 is 15.0 Å². The quantitative estimate of drug-likeness (QED) is 0.772. The molecule has 0 heterocycles. The van der Waals surface area contributed by atoms with Crippen molar-refractivity contribution >= 4 is 5.78 Å². The van der Waals surface area contributed by atoms with Crippen LogP contribution in [0.15, 0.2) is 18.2 Å². The van der Waals surface area contributed by atoms with Crippen molar-refractivity contribution in [3.63, 3.8) is 0 Å². The van der Waals surface area contributed by atoms with E-state index in [1.807, 2.05) is 0 Å². The van der Waals surface area contributed by atoms with E-state index in [1.54, 1.807) is 31.2 Å². The minimum Gasteiger partial charge on any atom is -0.389 e. The van der Waals surface area contributed by atoms with Crippen LogP contribution in [-0.2, 0) is 0 Å². The fraction of sp³-hybridized carbons (Fsp3) is 0.385. The summed E-state index contributed by atoms with van der Waals surface area (Å²) in [5.74, 6) is -0.0406. The molecule has 1 aromatic rings. The monoisotopic (exact) mass is 233 g/mol. The summed E-state index contributed by atoms with van der Waals surface area (Å²) in [6.45, 7) is 3.24. The van der Waals surface area contributed by atoms with Gasteiger partial charge in [-0.1, -0.05) is 18.2 Å². The van der Waals surface area contributed by atoms with E-state index in [0.29, 0.717) is 11.1 Å². The number of aliphatic hydroxyl groups is 2. The number of nitrogens with zero attached hydrogens (tertiary/aromatic N) is 1. The summed E-state index contributed by atoms with van der Waals surface area (Å²) in [4.78, 5) is 11.2. The van der Waals surface area contributed by atoms with Gasteiger partial charge in [0, 0.05) is 5.56 Å². The Labute approximate surface area is 100 Å². The second kappa shape index (κ2) is 5.58. The zero-order valence-electron chi connectivity index (χ0n) is 9.84. The maximum absolute atomic E-state index is 11.2. The number of ketones is 1. The molecule has 0 fully saturated rings. The molecular weight excluding hydrogens is 218 g/mol. The van der Waals surface area contributed by atoms with E-state index in [2.05, 4.69) is 0 Å². The van der Waals surface area contributed by atoms with E-state index >= 15 is 0 Å². The second-order valence-electron chi connectivity index (χ2n) is 4.00. The first-order valence-electron chi connectivity index (χ1n) is 5.32. The van der Waals surface area contributed by atoms with Gasteiger partial charge in [-0.15, -0.1) is 0 Å². The predicted molar refractivity (Wildman–Crippen MR) is 62.4 cm³/mol. The first kappa shape index (κ1) is 13.4. The van der Waals surface area contributed by atoms with Crippen LogP contribution >= 0.6 is 0 Å². The fourth-order valence-corrected chi connectivity index (χ4v) is 1.69. The largest absolute Gasteiger partial charge is 0.389 e. The van der Waals surface area contributed by atoms with Gasteiger partial charge in [0.25, 0.3) is 0 Å². The third-order valence-electron chi connectivity index (χ3n) is 2.64. The van der Waals surface area contributed by atoms with E-state index in [-0.39, 0.29) is 12.2 Å². The van der Waals surface area contributed by atoms with Gasteiger partial charge in [-0.25, -0.2) is 0 Å². The second-order valence-corrected chi connectivity index (χ2v) is 4.00. The molecule has 2 atom stereocenters. The van der Waals surface area contributed by atoms with Crippen LogP contribution in [0.5, 0.6) is 0 Å². The molecule has 1 aromatic carbocycles. The zero-order valence-corrected chi connectivity index (χ0v) is 9.84. The Bertz CT molecular complexity index is 462.